The third kappa shape index (κ3) is 3.85. The van der Waals surface area contributed by atoms with Crippen LogP contribution in [-0.2, 0) is 4.74 Å². The first-order valence-electron chi connectivity index (χ1n) is 6.82. The maximum Gasteiger partial charge on any atom is 0.342 e. The SMILES string of the molecule is COc1ccccc1C(=O)O[C@@H]1/C=C\CCCCC1. The van der Waals surface area contributed by atoms with Crippen LogP contribution in [0.2, 0.25) is 0 Å². The lowest BCUT2D eigenvalue weighted by molar-refractivity contribution is 0.0370. The van der Waals surface area contributed by atoms with Gasteiger partial charge in [-0.3, -0.25) is 0 Å². The van der Waals surface area contributed by atoms with Crippen LogP contribution in [0.1, 0.15) is 42.5 Å². The molecule has 0 N–H and O–H groups in total. The second-order valence-corrected chi connectivity index (χ2v) is 4.71. The van der Waals surface area contributed by atoms with E-state index in [1.165, 1.54) is 12.8 Å². The molecule has 0 aromatic heterocycles. The first-order chi connectivity index (χ1) is 9.31. The minimum Gasteiger partial charge on any atom is -0.496 e. The number of rotatable bonds is 3. The van der Waals surface area contributed by atoms with Crippen molar-refractivity contribution in [1.82, 2.24) is 0 Å². The van der Waals surface area contributed by atoms with Crippen LogP contribution >= 0.6 is 0 Å². The Labute approximate surface area is 114 Å². The van der Waals surface area contributed by atoms with Crippen LogP contribution in [-0.4, -0.2) is 19.2 Å². The lowest BCUT2D eigenvalue weighted by atomic mass is 10.0. The molecule has 0 amide bonds. The molecule has 3 heteroatoms. The molecular weight excluding hydrogens is 240 g/mol. The average molecular weight is 260 g/mol. The van der Waals surface area contributed by atoms with Gasteiger partial charge < -0.3 is 9.47 Å². The van der Waals surface area contributed by atoms with Gasteiger partial charge in [0, 0.05) is 0 Å². The number of carbonyl (C=O) groups is 1. The van der Waals surface area contributed by atoms with Gasteiger partial charge in [-0.15, -0.1) is 0 Å². The summed E-state index contributed by atoms with van der Waals surface area (Å²) in [6.45, 7) is 0. The summed E-state index contributed by atoms with van der Waals surface area (Å²) in [7, 11) is 1.56. The quantitative estimate of drug-likeness (QED) is 0.613. The van der Waals surface area contributed by atoms with E-state index < -0.39 is 0 Å². The number of para-hydroxylation sites is 1. The molecule has 1 aliphatic carbocycles. The summed E-state index contributed by atoms with van der Waals surface area (Å²) in [6.07, 6.45) is 9.51. The number of ether oxygens (including phenoxy) is 2. The second kappa shape index (κ2) is 6.98. The minimum atomic E-state index is -0.312. The van der Waals surface area contributed by atoms with Gasteiger partial charge in [0.15, 0.2) is 0 Å². The number of benzene rings is 1. The Kier molecular flexibility index (Phi) is 5.01. The Morgan fingerprint density at radius 3 is 2.89 bits per heavy atom. The number of allylic oxidation sites excluding steroid dienone is 1. The van der Waals surface area contributed by atoms with Crippen LogP contribution in [0.15, 0.2) is 36.4 Å². The van der Waals surface area contributed by atoms with Crippen LogP contribution in [0, 0.1) is 0 Å². The zero-order chi connectivity index (χ0) is 13.5. The third-order valence-corrected chi connectivity index (χ3v) is 3.30. The number of hydrogen-bond acceptors (Lipinski definition) is 3. The molecule has 0 fully saturated rings. The molecular formula is C16H20O3. The highest BCUT2D eigenvalue weighted by Crippen LogP contribution is 2.21. The van der Waals surface area contributed by atoms with E-state index in [0.717, 1.165) is 19.3 Å². The molecule has 102 valence electrons. The van der Waals surface area contributed by atoms with Gasteiger partial charge in [-0.05, 0) is 43.9 Å². The van der Waals surface area contributed by atoms with Gasteiger partial charge in [-0.2, -0.15) is 0 Å². The van der Waals surface area contributed by atoms with Crippen LogP contribution in [0.4, 0.5) is 0 Å². The van der Waals surface area contributed by atoms with E-state index in [-0.39, 0.29) is 12.1 Å². The Morgan fingerprint density at radius 2 is 2.05 bits per heavy atom. The Morgan fingerprint density at radius 1 is 1.21 bits per heavy atom. The van der Waals surface area contributed by atoms with Crippen LogP contribution in [0.5, 0.6) is 5.75 Å². The van der Waals surface area contributed by atoms with Gasteiger partial charge in [0.1, 0.15) is 17.4 Å². The molecule has 0 unspecified atom stereocenters. The molecule has 0 heterocycles. The molecule has 1 atom stereocenters. The van der Waals surface area contributed by atoms with E-state index in [0.29, 0.717) is 11.3 Å². The van der Waals surface area contributed by atoms with E-state index in [2.05, 4.69) is 6.08 Å². The highest BCUT2D eigenvalue weighted by molar-refractivity contribution is 5.92. The number of esters is 1. The summed E-state index contributed by atoms with van der Waals surface area (Å²) in [5, 5.41) is 0. The summed E-state index contributed by atoms with van der Waals surface area (Å²) in [5.74, 6) is 0.245. The summed E-state index contributed by atoms with van der Waals surface area (Å²) < 4.78 is 10.7. The fraction of sp³-hybridized carbons (Fsp3) is 0.438. The van der Waals surface area contributed by atoms with Crippen molar-refractivity contribution in [1.29, 1.82) is 0 Å². The minimum absolute atomic E-state index is 0.113. The van der Waals surface area contributed by atoms with Crippen molar-refractivity contribution < 1.29 is 14.3 Å². The van der Waals surface area contributed by atoms with Crippen molar-refractivity contribution in [2.45, 2.75) is 38.2 Å². The predicted octanol–water partition coefficient (Wildman–Crippen LogP) is 3.74. The summed E-state index contributed by atoms with van der Waals surface area (Å²) in [4.78, 5) is 12.2. The van der Waals surface area contributed by atoms with Crippen molar-refractivity contribution in [3.63, 3.8) is 0 Å². The molecule has 2 rings (SSSR count). The third-order valence-electron chi connectivity index (χ3n) is 3.30. The predicted molar refractivity (Wildman–Crippen MR) is 74.4 cm³/mol. The molecule has 1 aromatic carbocycles. The number of methoxy groups -OCH3 is 1. The molecule has 0 radical (unpaired) electrons. The lowest BCUT2D eigenvalue weighted by Gasteiger charge is -2.17. The van der Waals surface area contributed by atoms with Crippen molar-refractivity contribution in [2.75, 3.05) is 7.11 Å². The molecule has 0 saturated carbocycles. The molecule has 0 spiro atoms. The van der Waals surface area contributed by atoms with Crippen LogP contribution < -0.4 is 4.74 Å². The van der Waals surface area contributed by atoms with Gasteiger partial charge in [0.2, 0.25) is 0 Å². The van der Waals surface area contributed by atoms with E-state index in [9.17, 15) is 4.79 Å². The molecule has 0 saturated heterocycles. The van der Waals surface area contributed by atoms with Crippen LogP contribution in [0.25, 0.3) is 0 Å². The Balaban J connectivity index is 2.05. The van der Waals surface area contributed by atoms with Crippen molar-refractivity contribution in [3.05, 3.63) is 42.0 Å². The smallest absolute Gasteiger partial charge is 0.342 e. The molecule has 1 aliphatic rings. The van der Waals surface area contributed by atoms with E-state index in [1.807, 2.05) is 18.2 Å². The molecule has 1 aromatic rings. The maximum absolute atomic E-state index is 12.2. The summed E-state index contributed by atoms with van der Waals surface area (Å²) in [5.41, 5.74) is 0.487. The second-order valence-electron chi connectivity index (χ2n) is 4.71. The standard InChI is InChI=1S/C16H20O3/c1-18-15-12-8-7-11-14(15)16(17)19-13-9-5-3-2-4-6-10-13/h5,7-9,11-13H,2-4,6,10H2,1H3/b9-5-/t13-/m1/s1. The first-order valence-corrected chi connectivity index (χ1v) is 6.82. The van der Waals surface area contributed by atoms with Gasteiger partial charge in [0.05, 0.1) is 7.11 Å². The lowest BCUT2D eigenvalue weighted by Crippen LogP contribution is -2.17. The highest BCUT2D eigenvalue weighted by atomic mass is 16.5. The number of carbonyl (C=O) groups excluding carboxylic acids is 1. The fourth-order valence-corrected chi connectivity index (χ4v) is 2.24. The normalized spacial score (nSPS) is 21.0. The molecule has 19 heavy (non-hydrogen) atoms. The van der Waals surface area contributed by atoms with Gasteiger partial charge in [-0.1, -0.05) is 24.6 Å². The zero-order valence-electron chi connectivity index (χ0n) is 11.3. The molecule has 0 aliphatic heterocycles. The Bertz CT molecular complexity index is 451. The average Bonchev–Trinajstić information content (AvgIpc) is 2.41. The molecule has 0 bridgehead atoms. The summed E-state index contributed by atoms with van der Waals surface area (Å²) >= 11 is 0. The topological polar surface area (TPSA) is 35.5 Å². The van der Waals surface area contributed by atoms with Crippen molar-refractivity contribution in [3.8, 4) is 5.75 Å². The van der Waals surface area contributed by atoms with E-state index >= 15 is 0 Å². The van der Waals surface area contributed by atoms with E-state index in [4.69, 9.17) is 9.47 Å². The number of hydrogen-bond donors (Lipinski definition) is 0. The zero-order valence-corrected chi connectivity index (χ0v) is 11.3. The van der Waals surface area contributed by atoms with Crippen molar-refractivity contribution in [2.24, 2.45) is 0 Å². The Hall–Kier alpha value is -1.77. The van der Waals surface area contributed by atoms with Crippen molar-refractivity contribution >= 4 is 5.97 Å². The fourth-order valence-electron chi connectivity index (χ4n) is 2.24. The molecule has 3 nitrogen and oxygen atoms in total. The largest absolute Gasteiger partial charge is 0.496 e. The van der Waals surface area contributed by atoms with Gasteiger partial charge in [0.25, 0.3) is 0 Å². The van der Waals surface area contributed by atoms with Crippen LogP contribution in [0.3, 0.4) is 0 Å². The van der Waals surface area contributed by atoms with Gasteiger partial charge >= 0.3 is 5.97 Å². The first kappa shape index (κ1) is 13.7. The maximum atomic E-state index is 12.2. The monoisotopic (exact) mass is 260 g/mol. The van der Waals surface area contributed by atoms with Gasteiger partial charge in [-0.25, -0.2) is 4.79 Å². The summed E-state index contributed by atoms with van der Waals surface area (Å²) in [6, 6.07) is 7.15. The highest BCUT2D eigenvalue weighted by Gasteiger charge is 2.17. The van der Waals surface area contributed by atoms with E-state index in [1.54, 1.807) is 19.2 Å².